The van der Waals surface area contributed by atoms with Gasteiger partial charge >= 0.3 is 0 Å². The number of benzene rings is 1. The van der Waals surface area contributed by atoms with Crippen molar-refractivity contribution in [1.82, 2.24) is 4.90 Å². The molecule has 170 valence electrons. The number of carbonyl (C=O) groups excluding carboxylic acids is 1. The molecule has 5 heteroatoms. The summed E-state index contributed by atoms with van der Waals surface area (Å²) in [4.78, 5) is 15.4. The van der Waals surface area contributed by atoms with Crippen LogP contribution in [0, 0.1) is 5.92 Å². The van der Waals surface area contributed by atoms with Gasteiger partial charge in [0.2, 0.25) is 0 Å². The minimum atomic E-state index is -0.786. The predicted octanol–water partition coefficient (Wildman–Crippen LogP) is 5.50. The van der Waals surface area contributed by atoms with Crippen LogP contribution < -0.4 is 10.1 Å². The second-order valence-electron chi connectivity index (χ2n) is 8.91. The third kappa shape index (κ3) is 8.27. The molecule has 30 heavy (non-hydrogen) atoms. The van der Waals surface area contributed by atoms with Gasteiger partial charge in [-0.15, -0.1) is 0 Å². The highest BCUT2D eigenvalue weighted by molar-refractivity contribution is 5.97. The Morgan fingerprint density at radius 1 is 1.17 bits per heavy atom. The largest absolute Gasteiger partial charge is 0.492 e. The van der Waals surface area contributed by atoms with Crippen molar-refractivity contribution in [3.63, 3.8) is 0 Å². The van der Waals surface area contributed by atoms with Crippen molar-refractivity contribution in [2.24, 2.45) is 5.92 Å². The second-order valence-corrected chi connectivity index (χ2v) is 8.91. The molecule has 1 aliphatic rings. The number of hydrogen-bond donors (Lipinski definition) is 1. The van der Waals surface area contributed by atoms with E-state index in [-0.39, 0.29) is 5.91 Å². The van der Waals surface area contributed by atoms with E-state index in [1.807, 2.05) is 31.2 Å². The van der Waals surface area contributed by atoms with Crippen LogP contribution in [0.2, 0.25) is 0 Å². The van der Waals surface area contributed by atoms with Crippen LogP contribution in [-0.2, 0) is 9.53 Å². The Bertz CT molecular complexity index is 619. The molecule has 0 radical (unpaired) electrons. The Morgan fingerprint density at radius 2 is 1.93 bits per heavy atom. The molecule has 1 heterocycles. The summed E-state index contributed by atoms with van der Waals surface area (Å²) in [5.41, 5.74) is -0.00891. The van der Waals surface area contributed by atoms with Gasteiger partial charge in [0.05, 0.1) is 0 Å². The fraction of sp³-hybridized carbons (Fsp3) is 0.720. The normalized spacial score (nSPS) is 19.3. The molecule has 1 N–H and O–H groups in total. The van der Waals surface area contributed by atoms with Gasteiger partial charge in [-0.25, -0.2) is 0 Å². The van der Waals surface area contributed by atoms with Crippen LogP contribution in [0.1, 0.15) is 72.6 Å². The lowest BCUT2D eigenvalue weighted by atomic mass is 9.96. The molecule has 5 nitrogen and oxygen atoms in total. The van der Waals surface area contributed by atoms with Crippen molar-refractivity contribution in [3.05, 3.63) is 24.3 Å². The lowest BCUT2D eigenvalue weighted by Gasteiger charge is -2.30. The average molecular weight is 419 g/mol. The van der Waals surface area contributed by atoms with Gasteiger partial charge in [0.15, 0.2) is 0 Å². The first kappa shape index (κ1) is 24.7. The molecule has 1 aliphatic heterocycles. The molecular weight excluding hydrogens is 376 g/mol. The Morgan fingerprint density at radius 3 is 2.60 bits per heavy atom. The minimum absolute atomic E-state index is 0.0695. The van der Waals surface area contributed by atoms with E-state index in [2.05, 4.69) is 31.0 Å². The van der Waals surface area contributed by atoms with E-state index in [1.54, 1.807) is 0 Å². The highest BCUT2D eigenvalue weighted by atomic mass is 16.5. The number of ether oxygens (including phenoxy) is 2. The van der Waals surface area contributed by atoms with Crippen LogP contribution in [0.3, 0.4) is 0 Å². The van der Waals surface area contributed by atoms with Crippen molar-refractivity contribution in [1.29, 1.82) is 0 Å². The van der Waals surface area contributed by atoms with Crippen molar-refractivity contribution in [2.45, 2.75) is 78.2 Å². The number of nitrogens with one attached hydrogen (secondary N) is 1. The summed E-state index contributed by atoms with van der Waals surface area (Å²) < 4.78 is 11.9. The van der Waals surface area contributed by atoms with Crippen molar-refractivity contribution in [2.75, 3.05) is 38.2 Å². The molecule has 0 unspecified atom stereocenters. The number of piperidine rings is 1. The van der Waals surface area contributed by atoms with Gasteiger partial charge in [-0.3, -0.25) is 9.69 Å². The van der Waals surface area contributed by atoms with Gasteiger partial charge in [0.1, 0.15) is 18.0 Å². The van der Waals surface area contributed by atoms with E-state index in [0.717, 1.165) is 56.0 Å². The summed E-state index contributed by atoms with van der Waals surface area (Å²) in [5.74, 6) is 1.56. The average Bonchev–Trinajstić information content (AvgIpc) is 2.74. The second kappa shape index (κ2) is 13.0. The topological polar surface area (TPSA) is 50.8 Å². The standard InChI is InChI=1S/C25H42N2O3/c1-5-7-8-15-25(4,30-18-6-2)24(28)26-22-11-13-23(14-12-22)29-19-17-27-16-9-10-21(3)20-27/h11-14,21H,5-10,15-20H2,1-4H3,(H,26,28)/t21-,25+/m1/s1. The first-order chi connectivity index (χ1) is 14.5. The smallest absolute Gasteiger partial charge is 0.256 e. The summed E-state index contributed by atoms with van der Waals surface area (Å²) >= 11 is 0. The summed E-state index contributed by atoms with van der Waals surface area (Å²) in [6, 6.07) is 7.66. The number of amides is 1. The Balaban J connectivity index is 1.82. The van der Waals surface area contributed by atoms with Crippen LogP contribution >= 0.6 is 0 Å². The van der Waals surface area contributed by atoms with Gasteiger partial charge in [-0.05, 0) is 69.3 Å². The van der Waals surface area contributed by atoms with E-state index < -0.39 is 5.60 Å². The number of rotatable bonds is 13. The minimum Gasteiger partial charge on any atom is -0.492 e. The monoisotopic (exact) mass is 418 g/mol. The Kier molecular flexibility index (Phi) is 10.7. The Labute approximate surface area is 183 Å². The fourth-order valence-corrected chi connectivity index (χ4v) is 3.97. The summed E-state index contributed by atoms with van der Waals surface area (Å²) in [6.07, 6.45) is 7.50. The zero-order valence-corrected chi connectivity index (χ0v) is 19.5. The maximum absolute atomic E-state index is 12.9. The van der Waals surface area contributed by atoms with Crippen LogP contribution in [0.4, 0.5) is 5.69 Å². The van der Waals surface area contributed by atoms with Crippen LogP contribution in [0.5, 0.6) is 5.75 Å². The molecule has 1 aromatic rings. The van der Waals surface area contributed by atoms with E-state index in [4.69, 9.17) is 9.47 Å². The molecule has 0 saturated carbocycles. The Hall–Kier alpha value is -1.59. The zero-order valence-electron chi connectivity index (χ0n) is 19.5. The number of anilines is 1. The SMILES string of the molecule is CCCCC[C@](C)(OCCC)C(=O)Nc1ccc(OCCN2CCC[C@@H](C)C2)cc1. The quantitative estimate of drug-likeness (QED) is 0.430. The third-order valence-electron chi connectivity index (χ3n) is 5.89. The molecule has 0 aliphatic carbocycles. The first-order valence-corrected chi connectivity index (χ1v) is 11.9. The van der Waals surface area contributed by atoms with Crippen LogP contribution in [0.15, 0.2) is 24.3 Å². The van der Waals surface area contributed by atoms with Gasteiger partial charge < -0.3 is 14.8 Å². The lowest BCUT2D eigenvalue weighted by Crippen LogP contribution is -2.43. The van der Waals surface area contributed by atoms with E-state index in [9.17, 15) is 4.79 Å². The molecule has 1 aromatic carbocycles. The molecule has 0 spiro atoms. The molecule has 1 amide bonds. The first-order valence-electron chi connectivity index (χ1n) is 11.9. The number of carbonyl (C=O) groups is 1. The number of likely N-dealkylation sites (tertiary alicyclic amines) is 1. The maximum atomic E-state index is 12.9. The number of nitrogens with zero attached hydrogens (tertiary/aromatic N) is 1. The van der Waals surface area contributed by atoms with E-state index >= 15 is 0 Å². The summed E-state index contributed by atoms with van der Waals surface area (Å²) in [6.45, 7) is 13.1. The number of hydrogen-bond acceptors (Lipinski definition) is 4. The van der Waals surface area contributed by atoms with Crippen molar-refractivity contribution >= 4 is 11.6 Å². The molecule has 0 bridgehead atoms. The van der Waals surface area contributed by atoms with Gasteiger partial charge in [0, 0.05) is 25.4 Å². The summed E-state index contributed by atoms with van der Waals surface area (Å²) in [5, 5.41) is 3.03. The maximum Gasteiger partial charge on any atom is 0.256 e. The predicted molar refractivity (Wildman–Crippen MR) is 124 cm³/mol. The van der Waals surface area contributed by atoms with Gasteiger partial charge in [-0.2, -0.15) is 0 Å². The van der Waals surface area contributed by atoms with Gasteiger partial charge in [-0.1, -0.05) is 40.0 Å². The highest BCUT2D eigenvalue weighted by Crippen LogP contribution is 2.24. The molecule has 2 atom stereocenters. The number of unbranched alkanes of at least 4 members (excludes halogenated alkanes) is 2. The highest BCUT2D eigenvalue weighted by Gasteiger charge is 2.33. The summed E-state index contributed by atoms with van der Waals surface area (Å²) in [7, 11) is 0. The lowest BCUT2D eigenvalue weighted by molar-refractivity contribution is -0.140. The molecule has 0 aromatic heterocycles. The molecule has 2 rings (SSSR count). The molecule has 1 saturated heterocycles. The third-order valence-corrected chi connectivity index (χ3v) is 5.89. The fourth-order valence-electron chi connectivity index (χ4n) is 3.97. The van der Waals surface area contributed by atoms with Crippen molar-refractivity contribution < 1.29 is 14.3 Å². The van der Waals surface area contributed by atoms with Crippen molar-refractivity contribution in [3.8, 4) is 5.75 Å². The molecular formula is C25H42N2O3. The van der Waals surface area contributed by atoms with E-state index in [1.165, 1.54) is 25.9 Å². The zero-order chi connectivity index (χ0) is 21.8. The van der Waals surface area contributed by atoms with Crippen LogP contribution in [-0.4, -0.2) is 49.3 Å². The van der Waals surface area contributed by atoms with Gasteiger partial charge in [0.25, 0.3) is 5.91 Å². The molecule has 1 fully saturated rings. The van der Waals surface area contributed by atoms with E-state index in [0.29, 0.717) is 13.2 Å². The van der Waals surface area contributed by atoms with Crippen LogP contribution in [0.25, 0.3) is 0 Å².